The zero-order valence-corrected chi connectivity index (χ0v) is 12.1. The Morgan fingerprint density at radius 3 is 2.50 bits per heavy atom. The fraction of sp³-hybridized carbons (Fsp3) is 0.562. The van der Waals surface area contributed by atoms with Gasteiger partial charge in [-0.15, -0.1) is 0 Å². The molecular weight excluding hydrogens is 255 g/mol. The molecule has 1 amide bonds. The van der Waals surface area contributed by atoms with Crippen LogP contribution in [-0.4, -0.2) is 29.9 Å². The van der Waals surface area contributed by atoms with Gasteiger partial charge in [0.05, 0.1) is 6.04 Å². The van der Waals surface area contributed by atoms with Crippen molar-refractivity contribution in [2.45, 2.75) is 45.1 Å². The van der Waals surface area contributed by atoms with Crippen LogP contribution in [0, 0.1) is 5.82 Å². The molecule has 4 heteroatoms. The van der Waals surface area contributed by atoms with E-state index in [0.717, 1.165) is 25.9 Å². The molecule has 1 saturated heterocycles. The molecule has 0 bridgehead atoms. The van der Waals surface area contributed by atoms with Crippen molar-refractivity contribution in [1.29, 1.82) is 0 Å². The minimum absolute atomic E-state index is 0.0591. The molecule has 0 radical (unpaired) electrons. The van der Waals surface area contributed by atoms with Crippen LogP contribution in [0.25, 0.3) is 0 Å². The third-order valence-electron chi connectivity index (χ3n) is 3.91. The highest BCUT2D eigenvalue weighted by molar-refractivity contribution is 5.94. The Labute approximate surface area is 120 Å². The Morgan fingerprint density at radius 1 is 1.20 bits per heavy atom. The summed E-state index contributed by atoms with van der Waals surface area (Å²) in [6.07, 6.45) is 6.09. The maximum atomic E-state index is 13.1. The van der Waals surface area contributed by atoms with Gasteiger partial charge < -0.3 is 5.32 Å². The lowest BCUT2D eigenvalue weighted by atomic mass is 10.1. The molecule has 1 aromatic rings. The highest BCUT2D eigenvalue weighted by Gasteiger charge is 2.21. The minimum Gasteiger partial charge on any atom is -0.325 e. The van der Waals surface area contributed by atoms with Gasteiger partial charge in [0.15, 0.2) is 0 Å². The Bertz CT molecular complexity index is 442. The number of anilines is 1. The predicted molar refractivity (Wildman–Crippen MR) is 79.1 cm³/mol. The lowest BCUT2D eigenvalue weighted by molar-refractivity contribution is -0.120. The van der Waals surface area contributed by atoms with Crippen LogP contribution in [0.5, 0.6) is 0 Å². The number of halogens is 1. The minimum atomic E-state index is -0.332. The second kappa shape index (κ2) is 7.39. The zero-order valence-electron chi connectivity index (χ0n) is 12.1. The summed E-state index contributed by atoms with van der Waals surface area (Å²) in [7, 11) is 0. The van der Waals surface area contributed by atoms with Gasteiger partial charge in [0.2, 0.25) is 5.91 Å². The largest absolute Gasteiger partial charge is 0.325 e. The number of nitrogens with one attached hydrogen (secondary N) is 1. The molecule has 2 rings (SSSR count). The summed E-state index contributed by atoms with van der Waals surface area (Å²) in [5, 5.41) is 2.80. The van der Waals surface area contributed by atoms with Crippen LogP contribution in [0.3, 0.4) is 0 Å². The average molecular weight is 278 g/mol. The molecule has 110 valence electrons. The molecular formula is C16H23FN2O. The Morgan fingerprint density at radius 2 is 1.85 bits per heavy atom. The van der Waals surface area contributed by atoms with E-state index in [4.69, 9.17) is 0 Å². The monoisotopic (exact) mass is 278 g/mol. The number of carbonyl (C=O) groups is 1. The summed E-state index contributed by atoms with van der Waals surface area (Å²) in [5.41, 5.74) is 0.522. The maximum Gasteiger partial charge on any atom is 0.241 e. The third-order valence-corrected chi connectivity index (χ3v) is 3.91. The van der Waals surface area contributed by atoms with Crippen molar-refractivity contribution in [2.24, 2.45) is 0 Å². The molecule has 0 unspecified atom stereocenters. The van der Waals surface area contributed by atoms with E-state index in [2.05, 4.69) is 10.2 Å². The van der Waals surface area contributed by atoms with Crippen LogP contribution >= 0.6 is 0 Å². The van der Waals surface area contributed by atoms with Gasteiger partial charge in [0.1, 0.15) is 5.82 Å². The number of likely N-dealkylation sites (tertiary alicyclic amines) is 1. The van der Waals surface area contributed by atoms with E-state index >= 15 is 0 Å². The van der Waals surface area contributed by atoms with Gasteiger partial charge in [0.25, 0.3) is 0 Å². The fourth-order valence-electron chi connectivity index (χ4n) is 2.64. The van der Waals surface area contributed by atoms with Gasteiger partial charge in [-0.05, 0) is 51.1 Å². The van der Waals surface area contributed by atoms with Gasteiger partial charge >= 0.3 is 0 Å². The molecule has 1 heterocycles. The second-order valence-electron chi connectivity index (χ2n) is 5.48. The van der Waals surface area contributed by atoms with Crippen molar-refractivity contribution in [3.63, 3.8) is 0 Å². The number of rotatable bonds is 3. The SMILES string of the molecule is C[C@H](C(=O)Nc1cccc(F)c1)N1CCCCCCC1. The van der Waals surface area contributed by atoms with Gasteiger partial charge in [-0.25, -0.2) is 4.39 Å². The zero-order chi connectivity index (χ0) is 14.4. The first-order valence-corrected chi connectivity index (χ1v) is 7.47. The van der Waals surface area contributed by atoms with E-state index in [1.165, 1.54) is 31.4 Å². The first-order valence-electron chi connectivity index (χ1n) is 7.47. The van der Waals surface area contributed by atoms with Crippen LogP contribution in [0.15, 0.2) is 24.3 Å². The van der Waals surface area contributed by atoms with Crippen molar-refractivity contribution < 1.29 is 9.18 Å². The van der Waals surface area contributed by atoms with Gasteiger partial charge in [-0.1, -0.05) is 25.3 Å². The van der Waals surface area contributed by atoms with Crippen molar-refractivity contribution >= 4 is 11.6 Å². The molecule has 1 atom stereocenters. The first kappa shape index (κ1) is 15.0. The van der Waals surface area contributed by atoms with Crippen molar-refractivity contribution in [1.82, 2.24) is 4.90 Å². The van der Waals surface area contributed by atoms with Crippen molar-refractivity contribution in [2.75, 3.05) is 18.4 Å². The summed E-state index contributed by atoms with van der Waals surface area (Å²) in [6, 6.07) is 5.86. The standard InChI is InChI=1S/C16H23FN2O/c1-13(19-10-5-3-2-4-6-11-19)16(20)18-15-9-7-8-14(17)12-15/h7-9,12-13H,2-6,10-11H2,1H3,(H,18,20)/t13-/m1/s1. The van der Waals surface area contributed by atoms with E-state index in [1.54, 1.807) is 12.1 Å². The maximum absolute atomic E-state index is 13.1. The average Bonchev–Trinajstić information content (AvgIpc) is 2.37. The molecule has 3 nitrogen and oxygen atoms in total. The summed E-state index contributed by atoms with van der Waals surface area (Å²) in [4.78, 5) is 14.5. The molecule has 1 N–H and O–H groups in total. The number of nitrogens with zero attached hydrogens (tertiary/aromatic N) is 1. The van der Waals surface area contributed by atoms with Crippen LogP contribution in [0.1, 0.15) is 39.0 Å². The summed E-state index contributed by atoms with van der Waals surface area (Å²) >= 11 is 0. The highest BCUT2D eigenvalue weighted by Crippen LogP contribution is 2.15. The van der Waals surface area contributed by atoms with Crippen molar-refractivity contribution in [3.8, 4) is 0 Å². The van der Waals surface area contributed by atoms with Crippen LogP contribution < -0.4 is 5.32 Å². The van der Waals surface area contributed by atoms with E-state index < -0.39 is 0 Å². The number of hydrogen-bond donors (Lipinski definition) is 1. The lowest BCUT2D eigenvalue weighted by Gasteiger charge is -2.29. The molecule has 0 saturated carbocycles. The topological polar surface area (TPSA) is 32.3 Å². The molecule has 1 aliphatic rings. The number of benzene rings is 1. The Kier molecular flexibility index (Phi) is 5.53. The third kappa shape index (κ3) is 4.30. The summed E-state index contributed by atoms with van der Waals surface area (Å²) < 4.78 is 13.1. The van der Waals surface area contributed by atoms with Crippen LogP contribution in [0.4, 0.5) is 10.1 Å². The number of hydrogen-bond acceptors (Lipinski definition) is 2. The molecule has 0 spiro atoms. The van der Waals surface area contributed by atoms with Crippen LogP contribution in [0.2, 0.25) is 0 Å². The molecule has 0 aromatic heterocycles. The van der Waals surface area contributed by atoms with Gasteiger partial charge in [-0.3, -0.25) is 9.69 Å². The fourth-order valence-corrected chi connectivity index (χ4v) is 2.64. The van der Waals surface area contributed by atoms with E-state index in [-0.39, 0.29) is 17.8 Å². The van der Waals surface area contributed by atoms with Gasteiger partial charge in [-0.2, -0.15) is 0 Å². The smallest absolute Gasteiger partial charge is 0.241 e. The Hall–Kier alpha value is -1.42. The second-order valence-corrected chi connectivity index (χ2v) is 5.48. The number of amides is 1. The van der Waals surface area contributed by atoms with Crippen LogP contribution in [-0.2, 0) is 4.79 Å². The summed E-state index contributed by atoms with van der Waals surface area (Å²) in [5.74, 6) is -0.391. The molecule has 0 aliphatic carbocycles. The normalized spacial score (nSPS) is 18.9. The first-order chi connectivity index (χ1) is 9.66. The van der Waals surface area contributed by atoms with E-state index in [9.17, 15) is 9.18 Å². The molecule has 20 heavy (non-hydrogen) atoms. The Balaban J connectivity index is 1.93. The predicted octanol–water partition coefficient (Wildman–Crippen LogP) is 3.42. The van der Waals surface area contributed by atoms with Gasteiger partial charge in [0, 0.05) is 5.69 Å². The molecule has 1 aromatic carbocycles. The lowest BCUT2D eigenvalue weighted by Crippen LogP contribution is -2.43. The van der Waals surface area contributed by atoms with Crippen molar-refractivity contribution in [3.05, 3.63) is 30.1 Å². The molecule has 1 fully saturated rings. The van der Waals surface area contributed by atoms with E-state index in [1.807, 2.05) is 6.92 Å². The van der Waals surface area contributed by atoms with E-state index in [0.29, 0.717) is 5.69 Å². The molecule has 1 aliphatic heterocycles. The highest BCUT2D eigenvalue weighted by atomic mass is 19.1. The number of carbonyl (C=O) groups excluding carboxylic acids is 1. The quantitative estimate of drug-likeness (QED) is 0.919. The summed E-state index contributed by atoms with van der Waals surface area (Å²) in [6.45, 7) is 3.87.